The number of anilines is 1. The lowest BCUT2D eigenvalue weighted by Gasteiger charge is -2.02. The molecule has 0 saturated heterocycles. The third kappa shape index (κ3) is 1.59. The van der Waals surface area contributed by atoms with Crippen molar-refractivity contribution in [2.24, 2.45) is 0 Å². The Bertz CT molecular complexity index is 688. The van der Waals surface area contributed by atoms with E-state index < -0.39 is 0 Å². The lowest BCUT2D eigenvalue weighted by atomic mass is 10.1. The minimum atomic E-state index is 0.348. The van der Waals surface area contributed by atoms with Gasteiger partial charge in [-0.1, -0.05) is 23.4 Å². The maximum absolute atomic E-state index is 5.65. The zero-order valence-electron chi connectivity index (χ0n) is 8.72. The second-order valence-corrected chi connectivity index (χ2v) is 4.38. The Kier molecular flexibility index (Phi) is 2.33. The molecule has 0 radical (unpaired) electrons. The van der Waals surface area contributed by atoms with Crippen LogP contribution in [0, 0.1) is 0 Å². The Morgan fingerprint density at radius 3 is 2.82 bits per heavy atom. The Hall–Kier alpha value is -1.88. The second-order valence-electron chi connectivity index (χ2n) is 3.59. The number of benzene rings is 1. The van der Waals surface area contributed by atoms with Gasteiger partial charge in [0, 0.05) is 17.1 Å². The van der Waals surface area contributed by atoms with Gasteiger partial charge in [-0.3, -0.25) is 4.98 Å². The fourth-order valence-corrected chi connectivity index (χ4v) is 2.12. The van der Waals surface area contributed by atoms with Crippen molar-refractivity contribution in [1.82, 2.24) is 10.1 Å². The van der Waals surface area contributed by atoms with Gasteiger partial charge < -0.3 is 10.3 Å². The van der Waals surface area contributed by atoms with Crippen LogP contribution in [-0.2, 0) is 0 Å². The van der Waals surface area contributed by atoms with Gasteiger partial charge in [-0.05, 0) is 28.1 Å². The molecule has 0 fully saturated rings. The van der Waals surface area contributed by atoms with Gasteiger partial charge in [0.05, 0.1) is 5.52 Å². The van der Waals surface area contributed by atoms with Crippen LogP contribution in [0.3, 0.4) is 0 Å². The maximum atomic E-state index is 5.65. The predicted octanol–water partition coefficient (Wildman–Crippen LogP) is 3.23. The lowest BCUT2D eigenvalue weighted by Crippen LogP contribution is -1.84. The third-order valence-electron chi connectivity index (χ3n) is 2.55. The van der Waals surface area contributed by atoms with Gasteiger partial charge in [0.1, 0.15) is 4.47 Å². The molecule has 0 unspecified atom stereocenters. The fraction of sp³-hybridized carbons (Fsp3) is 0. The number of aromatic nitrogens is 2. The van der Waals surface area contributed by atoms with Gasteiger partial charge in [-0.15, -0.1) is 0 Å². The normalized spacial score (nSPS) is 10.9. The van der Waals surface area contributed by atoms with Crippen molar-refractivity contribution < 1.29 is 4.52 Å². The molecule has 3 rings (SSSR count). The Morgan fingerprint density at radius 2 is 2.06 bits per heavy atom. The first-order chi connectivity index (χ1) is 8.27. The quantitative estimate of drug-likeness (QED) is 0.747. The molecular formula is C12H8BrN3O. The number of hydrogen-bond donors (Lipinski definition) is 1. The van der Waals surface area contributed by atoms with Crippen molar-refractivity contribution in [3.05, 3.63) is 41.0 Å². The molecule has 4 nitrogen and oxygen atoms in total. The Morgan fingerprint density at radius 1 is 1.18 bits per heavy atom. The molecule has 17 heavy (non-hydrogen) atoms. The molecule has 0 aliphatic carbocycles. The molecule has 84 valence electrons. The van der Waals surface area contributed by atoms with Crippen molar-refractivity contribution in [1.29, 1.82) is 0 Å². The molecule has 0 spiro atoms. The SMILES string of the molecule is Nc1noc(-c2cccc3ncccc23)c1Br. The second kappa shape index (κ2) is 3.85. The first kappa shape index (κ1) is 10.3. The summed E-state index contributed by atoms with van der Waals surface area (Å²) in [5.41, 5.74) is 7.49. The highest BCUT2D eigenvalue weighted by Gasteiger charge is 2.15. The molecule has 1 aromatic carbocycles. The largest absolute Gasteiger partial charge is 0.380 e. The average Bonchev–Trinajstić information content (AvgIpc) is 2.69. The zero-order valence-corrected chi connectivity index (χ0v) is 10.3. The Balaban J connectivity index is 2.34. The van der Waals surface area contributed by atoms with E-state index in [4.69, 9.17) is 10.3 Å². The summed E-state index contributed by atoms with van der Waals surface area (Å²) in [6.45, 7) is 0. The summed E-state index contributed by atoms with van der Waals surface area (Å²) in [6.07, 6.45) is 1.76. The number of halogens is 1. The summed E-state index contributed by atoms with van der Waals surface area (Å²) in [5, 5.41) is 4.74. The van der Waals surface area contributed by atoms with Gasteiger partial charge in [-0.2, -0.15) is 0 Å². The molecule has 0 aliphatic heterocycles. The van der Waals surface area contributed by atoms with E-state index >= 15 is 0 Å². The molecule has 0 amide bonds. The summed E-state index contributed by atoms with van der Waals surface area (Å²) in [7, 11) is 0. The third-order valence-corrected chi connectivity index (χ3v) is 3.32. The van der Waals surface area contributed by atoms with Crippen LogP contribution >= 0.6 is 15.9 Å². The van der Waals surface area contributed by atoms with E-state index in [2.05, 4.69) is 26.1 Å². The lowest BCUT2D eigenvalue weighted by molar-refractivity contribution is 0.436. The van der Waals surface area contributed by atoms with Crippen LogP contribution in [0.15, 0.2) is 45.5 Å². The molecule has 2 heterocycles. The van der Waals surface area contributed by atoms with Crippen molar-refractivity contribution in [2.75, 3.05) is 5.73 Å². The number of nitrogens with zero attached hydrogens (tertiary/aromatic N) is 2. The van der Waals surface area contributed by atoms with Crippen LogP contribution < -0.4 is 5.73 Å². The topological polar surface area (TPSA) is 64.9 Å². The highest BCUT2D eigenvalue weighted by atomic mass is 79.9. The van der Waals surface area contributed by atoms with Crippen LogP contribution in [0.2, 0.25) is 0 Å². The van der Waals surface area contributed by atoms with Gasteiger partial charge in [0.15, 0.2) is 11.6 Å². The average molecular weight is 290 g/mol. The standard InChI is InChI=1S/C12H8BrN3O/c13-10-11(17-16-12(10)14)8-3-1-5-9-7(8)4-2-6-15-9/h1-6H,(H2,14,16). The predicted molar refractivity (Wildman–Crippen MR) is 69.4 cm³/mol. The van der Waals surface area contributed by atoms with E-state index in [9.17, 15) is 0 Å². The van der Waals surface area contributed by atoms with E-state index in [0.717, 1.165) is 16.5 Å². The molecule has 2 N–H and O–H groups in total. The molecule has 2 aromatic heterocycles. The van der Waals surface area contributed by atoms with Gasteiger partial charge in [0.25, 0.3) is 0 Å². The van der Waals surface area contributed by atoms with E-state index in [1.54, 1.807) is 6.20 Å². The minimum absolute atomic E-state index is 0.348. The number of nitrogen functional groups attached to an aromatic ring is 1. The van der Waals surface area contributed by atoms with Gasteiger partial charge in [0.2, 0.25) is 0 Å². The molecule has 0 aliphatic rings. The van der Waals surface area contributed by atoms with E-state index in [1.807, 2.05) is 30.3 Å². The van der Waals surface area contributed by atoms with Crippen LogP contribution in [0.4, 0.5) is 5.82 Å². The van der Waals surface area contributed by atoms with Crippen LogP contribution in [-0.4, -0.2) is 10.1 Å². The summed E-state index contributed by atoms with van der Waals surface area (Å²) in [6, 6.07) is 9.71. The highest BCUT2D eigenvalue weighted by molar-refractivity contribution is 9.10. The van der Waals surface area contributed by atoms with E-state index in [-0.39, 0.29) is 0 Å². The van der Waals surface area contributed by atoms with Gasteiger partial charge >= 0.3 is 0 Å². The van der Waals surface area contributed by atoms with E-state index in [0.29, 0.717) is 16.1 Å². The van der Waals surface area contributed by atoms with Crippen LogP contribution in [0.5, 0.6) is 0 Å². The summed E-state index contributed by atoms with van der Waals surface area (Å²) < 4.78 is 5.91. The highest BCUT2D eigenvalue weighted by Crippen LogP contribution is 2.35. The number of rotatable bonds is 1. The summed E-state index contributed by atoms with van der Waals surface area (Å²) in [4.78, 5) is 4.30. The molecule has 5 heteroatoms. The molecular weight excluding hydrogens is 282 g/mol. The maximum Gasteiger partial charge on any atom is 0.183 e. The molecule has 0 saturated carbocycles. The summed E-state index contributed by atoms with van der Waals surface area (Å²) >= 11 is 3.37. The van der Waals surface area contributed by atoms with Crippen molar-refractivity contribution in [2.45, 2.75) is 0 Å². The molecule has 0 bridgehead atoms. The van der Waals surface area contributed by atoms with Crippen molar-refractivity contribution >= 4 is 32.7 Å². The van der Waals surface area contributed by atoms with E-state index in [1.165, 1.54) is 0 Å². The van der Waals surface area contributed by atoms with Crippen LogP contribution in [0.1, 0.15) is 0 Å². The fourth-order valence-electron chi connectivity index (χ4n) is 1.76. The first-order valence-electron chi connectivity index (χ1n) is 5.02. The smallest absolute Gasteiger partial charge is 0.183 e. The van der Waals surface area contributed by atoms with Crippen molar-refractivity contribution in [3.63, 3.8) is 0 Å². The van der Waals surface area contributed by atoms with Crippen molar-refractivity contribution in [3.8, 4) is 11.3 Å². The number of hydrogen-bond acceptors (Lipinski definition) is 4. The molecule has 0 atom stereocenters. The number of pyridine rings is 1. The number of nitrogens with two attached hydrogens (primary N) is 1. The first-order valence-corrected chi connectivity index (χ1v) is 5.81. The minimum Gasteiger partial charge on any atom is -0.380 e. The Labute approximate surface area is 106 Å². The number of fused-ring (bicyclic) bond motifs is 1. The monoisotopic (exact) mass is 289 g/mol. The molecule has 3 aromatic rings. The van der Waals surface area contributed by atoms with Gasteiger partial charge in [-0.25, -0.2) is 0 Å². The summed E-state index contributed by atoms with van der Waals surface area (Å²) in [5.74, 6) is 0.974. The van der Waals surface area contributed by atoms with Crippen LogP contribution in [0.25, 0.3) is 22.2 Å². The zero-order chi connectivity index (χ0) is 11.8.